The van der Waals surface area contributed by atoms with Crippen LogP contribution in [0.25, 0.3) is 0 Å². The predicted octanol–water partition coefficient (Wildman–Crippen LogP) is 4.30. The van der Waals surface area contributed by atoms with E-state index in [1.54, 1.807) is 31.2 Å². The Labute approximate surface area is 237 Å². The molecule has 0 spiro atoms. The number of nitrogens with zero attached hydrogens (tertiary/aromatic N) is 2. The number of hydrogen-bond donors (Lipinski definition) is 1. The lowest BCUT2D eigenvalue weighted by atomic mass is 10.0. The zero-order chi connectivity index (χ0) is 28.2. The van der Waals surface area contributed by atoms with Gasteiger partial charge in [0.2, 0.25) is 11.8 Å². The molecule has 0 bridgehead atoms. The minimum absolute atomic E-state index is 0.0191. The Balaban J connectivity index is 1.64. The Morgan fingerprint density at radius 3 is 2.31 bits per heavy atom. The van der Waals surface area contributed by atoms with Gasteiger partial charge in [0.25, 0.3) is 15.9 Å². The molecule has 1 unspecified atom stereocenters. The summed E-state index contributed by atoms with van der Waals surface area (Å²) in [6, 6.07) is 19.2. The van der Waals surface area contributed by atoms with Gasteiger partial charge in [-0.15, -0.1) is 0 Å². The van der Waals surface area contributed by atoms with Crippen LogP contribution in [0, 0.1) is 0 Å². The van der Waals surface area contributed by atoms with Gasteiger partial charge in [-0.05, 0) is 42.3 Å². The van der Waals surface area contributed by atoms with Crippen molar-refractivity contribution in [2.75, 3.05) is 13.1 Å². The van der Waals surface area contributed by atoms with Crippen molar-refractivity contribution in [3.05, 3.63) is 99.5 Å². The number of likely N-dealkylation sites (N-methyl/N-ethyl adjacent to an activating group) is 1. The second-order valence-corrected chi connectivity index (χ2v) is 11.6. The van der Waals surface area contributed by atoms with Gasteiger partial charge in [0, 0.05) is 32.5 Å². The van der Waals surface area contributed by atoms with E-state index in [0.29, 0.717) is 26.5 Å². The van der Waals surface area contributed by atoms with Gasteiger partial charge >= 0.3 is 0 Å². The van der Waals surface area contributed by atoms with Gasteiger partial charge < -0.3 is 10.2 Å². The number of fused-ring (bicyclic) bond motifs is 1. The third kappa shape index (κ3) is 6.27. The van der Waals surface area contributed by atoms with Crippen LogP contribution < -0.4 is 5.32 Å². The summed E-state index contributed by atoms with van der Waals surface area (Å²) in [7, 11) is -4.08. The maximum absolute atomic E-state index is 13.7. The molecule has 3 amide bonds. The highest BCUT2D eigenvalue weighted by molar-refractivity contribution is 7.90. The van der Waals surface area contributed by atoms with E-state index in [0.717, 1.165) is 5.56 Å². The third-order valence-corrected chi connectivity index (χ3v) is 8.98. The summed E-state index contributed by atoms with van der Waals surface area (Å²) in [5.74, 6) is -1.53. The first-order chi connectivity index (χ1) is 18.6. The highest BCUT2D eigenvalue weighted by Crippen LogP contribution is 2.30. The standard InChI is InChI=1S/C28H27Cl2N3O5S/c1-2-31-27(35)24(17-19-8-4-3-5-9-19)32(18-20-12-13-22(29)23(30)16-20)26(34)14-15-33-28(36)21-10-6-7-11-25(21)39(33,37)38/h3-13,16,24H,2,14-15,17-18H2,1H3,(H,31,35). The van der Waals surface area contributed by atoms with Gasteiger partial charge in [-0.25, -0.2) is 12.7 Å². The molecule has 1 N–H and O–H groups in total. The summed E-state index contributed by atoms with van der Waals surface area (Å²) >= 11 is 12.3. The Morgan fingerprint density at radius 2 is 1.64 bits per heavy atom. The fourth-order valence-electron chi connectivity index (χ4n) is 4.47. The smallest absolute Gasteiger partial charge is 0.269 e. The Hall–Kier alpha value is -3.40. The van der Waals surface area contributed by atoms with Crippen molar-refractivity contribution in [1.82, 2.24) is 14.5 Å². The van der Waals surface area contributed by atoms with Crippen molar-refractivity contribution < 1.29 is 22.8 Å². The Morgan fingerprint density at radius 1 is 0.949 bits per heavy atom. The first kappa shape index (κ1) is 28.6. The quantitative estimate of drug-likeness (QED) is 0.381. The molecule has 39 heavy (non-hydrogen) atoms. The van der Waals surface area contributed by atoms with Crippen LogP contribution in [0.5, 0.6) is 0 Å². The van der Waals surface area contributed by atoms with Crippen LogP contribution in [-0.2, 0) is 32.6 Å². The number of carbonyl (C=O) groups is 3. The second kappa shape index (κ2) is 12.2. The van der Waals surface area contributed by atoms with E-state index in [4.69, 9.17) is 23.2 Å². The summed E-state index contributed by atoms with van der Waals surface area (Å²) in [6.45, 7) is 1.80. The maximum atomic E-state index is 13.7. The molecule has 0 fully saturated rings. The monoisotopic (exact) mass is 587 g/mol. The lowest BCUT2D eigenvalue weighted by molar-refractivity contribution is -0.141. The topological polar surface area (TPSA) is 104 Å². The molecule has 3 aromatic rings. The van der Waals surface area contributed by atoms with Crippen LogP contribution in [0.2, 0.25) is 10.0 Å². The zero-order valence-electron chi connectivity index (χ0n) is 21.1. The van der Waals surface area contributed by atoms with Crippen LogP contribution in [0.3, 0.4) is 0 Å². The number of rotatable bonds is 10. The first-order valence-corrected chi connectivity index (χ1v) is 14.5. The van der Waals surface area contributed by atoms with Crippen molar-refractivity contribution in [1.29, 1.82) is 0 Å². The average Bonchev–Trinajstić information content (AvgIpc) is 3.12. The summed E-state index contributed by atoms with van der Waals surface area (Å²) in [5.41, 5.74) is 1.55. The molecule has 1 aliphatic rings. The molecule has 0 aliphatic carbocycles. The largest absolute Gasteiger partial charge is 0.355 e. The number of halogens is 2. The summed E-state index contributed by atoms with van der Waals surface area (Å²) in [6.07, 6.45) is -0.0862. The van der Waals surface area contributed by atoms with Gasteiger partial charge in [-0.1, -0.05) is 71.7 Å². The number of nitrogens with one attached hydrogen (secondary N) is 1. The second-order valence-electron chi connectivity index (χ2n) is 9.00. The molecule has 1 aliphatic heterocycles. The van der Waals surface area contributed by atoms with Crippen molar-refractivity contribution in [3.8, 4) is 0 Å². The normalized spacial score (nSPS) is 14.5. The molecule has 1 atom stereocenters. The molecular weight excluding hydrogens is 561 g/mol. The summed E-state index contributed by atoms with van der Waals surface area (Å²) in [5, 5.41) is 3.44. The van der Waals surface area contributed by atoms with Crippen LogP contribution in [0.4, 0.5) is 0 Å². The Bertz CT molecular complexity index is 1500. The van der Waals surface area contributed by atoms with Crippen LogP contribution in [0.1, 0.15) is 34.8 Å². The minimum atomic E-state index is -4.08. The molecule has 3 aromatic carbocycles. The van der Waals surface area contributed by atoms with Gasteiger partial charge in [0.05, 0.1) is 15.6 Å². The van der Waals surface area contributed by atoms with E-state index in [-0.39, 0.29) is 42.3 Å². The fourth-order valence-corrected chi connectivity index (χ4v) is 6.36. The van der Waals surface area contributed by atoms with Crippen LogP contribution >= 0.6 is 23.2 Å². The van der Waals surface area contributed by atoms with E-state index in [2.05, 4.69) is 5.32 Å². The molecule has 11 heteroatoms. The summed E-state index contributed by atoms with van der Waals surface area (Å²) in [4.78, 5) is 41.2. The number of hydrogen-bond acceptors (Lipinski definition) is 5. The number of carbonyl (C=O) groups excluding carboxylic acids is 3. The molecule has 1 heterocycles. The van der Waals surface area contributed by atoms with Crippen molar-refractivity contribution >= 4 is 50.9 Å². The van der Waals surface area contributed by atoms with Crippen LogP contribution in [-0.4, -0.2) is 54.5 Å². The van der Waals surface area contributed by atoms with Gasteiger partial charge in [0.15, 0.2) is 0 Å². The van der Waals surface area contributed by atoms with Crippen LogP contribution in [0.15, 0.2) is 77.7 Å². The number of amides is 3. The molecular formula is C28H27Cl2N3O5S. The lowest BCUT2D eigenvalue weighted by Crippen LogP contribution is -2.51. The van der Waals surface area contributed by atoms with Gasteiger partial charge in [-0.2, -0.15) is 0 Å². The number of benzene rings is 3. The molecule has 0 saturated carbocycles. The van der Waals surface area contributed by atoms with E-state index in [9.17, 15) is 22.8 Å². The molecule has 4 rings (SSSR count). The molecule has 0 radical (unpaired) electrons. The Kier molecular flexibility index (Phi) is 8.94. The third-order valence-electron chi connectivity index (χ3n) is 6.40. The molecule has 0 aromatic heterocycles. The fraction of sp³-hybridized carbons (Fsp3) is 0.250. The zero-order valence-corrected chi connectivity index (χ0v) is 23.5. The van der Waals surface area contributed by atoms with Crippen molar-refractivity contribution in [3.63, 3.8) is 0 Å². The predicted molar refractivity (Wildman–Crippen MR) is 149 cm³/mol. The maximum Gasteiger partial charge on any atom is 0.269 e. The van der Waals surface area contributed by atoms with E-state index < -0.39 is 27.9 Å². The lowest BCUT2D eigenvalue weighted by Gasteiger charge is -2.32. The molecule has 0 saturated heterocycles. The van der Waals surface area contributed by atoms with Gasteiger partial charge in [-0.3, -0.25) is 14.4 Å². The van der Waals surface area contributed by atoms with Crippen molar-refractivity contribution in [2.24, 2.45) is 0 Å². The number of sulfonamides is 1. The minimum Gasteiger partial charge on any atom is -0.355 e. The van der Waals surface area contributed by atoms with Crippen molar-refractivity contribution in [2.45, 2.75) is 37.2 Å². The van der Waals surface area contributed by atoms with E-state index >= 15 is 0 Å². The van der Waals surface area contributed by atoms with Gasteiger partial charge in [0.1, 0.15) is 10.9 Å². The van der Waals surface area contributed by atoms with E-state index in [1.807, 2.05) is 30.3 Å². The van der Waals surface area contributed by atoms with E-state index in [1.165, 1.54) is 23.1 Å². The highest BCUT2D eigenvalue weighted by atomic mass is 35.5. The first-order valence-electron chi connectivity index (χ1n) is 12.3. The summed E-state index contributed by atoms with van der Waals surface area (Å²) < 4.78 is 26.7. The molecule has 204 valence electrons. The average molecular weight is 589 g/mol. The molecule has 8 nitrogen and oxygen atoms in total. The highest BCUT2D eigenvalue weighted by Gasteiger charge is 2.41. The SMILES string of the molecule is CCNC(=O)C(Cc1ccccc1)N(Cc1ccc(Cl)c(Cl)c1)C(=O)CCN1C(=O)c2ccccc2S1(=O)=O.